The molecule has 1 atom stereocenters. The van der Waals surface area contributed by atoms with Crippen LogP contribution in [0.5, 0.6) is 0 Å². The van der Waals surface area contributed by atoms with Crippen LogP contribution >= 0.6 is 0 Å². The lowest BCUT2D eigenvalue weighted by Gasteiger charge is -2.20. The Balaban J connectivity index is 2.35. The molecular weight excluding hydrogens is 164 g/mol. The molecule has 0 spiro atoms. The Hall–Kier alpha value is -0.830. The Morgan fingerprint density at radius 2 is 2.54 bits per heavy atom. The molecule has 1 aliphatic heterocycles. The van der Waals surface area contributed by atoms with Crippen LogP contribution in [0.3, 0.4) is 0 Å². The largest absolute Gasteiger partial charge is 0.380 e. The lowest BCUT2D eigenvalue weighted by atomic mass is 10.0. The molecule has 3 nitrogen and oxygen atoms in total. The molecule has 0 aromatic carbocycles. The van der Waals surface area contributed by atoms with E-state index in [2.05, 4.69) is 24.0 Å². The maximum atomic E-state index is 5.31. The fourth-order valence-corrected chi connectivity index (χ4v) is 1.22. The molecule has 1 rings (SSSR count). The van der Waals surface area contributed by atoms with Crippen LogP contribution in [-0.2, 0) is 4.74 Å². The molecule has 0 aliphatic carbocycles. The summed E-state index contributed by atoms with van der Waals surface area (Å²) in [4.78, 5) is 0. The first-order chi connectivity index (χ1) is 6.20. The third kappa shape index (κ3) is 3.59. The molecular formula is C10H18N2O. The molecule has 0 saturated carbocycles. The summed E-state index contributed by atoms with van der Waals surface area (Å²) in [6.45, 7) is 10.3. The van der Waals surface area contributed by atoms with Crippen LogP contribution in [0.15, 0.2) is 17.3 Å². The predicted molar refractivity (Wildman–Crippen MR) is 54.9 cm³/mol. The van der Waals surface area contributed by atoms with Gasteiger partial charge in [0.1, 0.15) is 0 Å². The monoisotopic (exact) mass is 182 g/mol. The third-order valence-electron chi connectivity index (χ3n) is 2.04. The van der Waals surface area contributed by atoms with E-state index in [0.717, 1.165) is 31.8 Å². The zero-order valence-electron chi connectivity index (χ0n) is 8.47. The van der Waals surface area contributed by atoms with Gasteiger partial charge in [-0.25, -0.2) is 0 Å². The first kappa shape index (κ1) is 10.3. The Labute approximate surface area is 79.9 Å². The van der Waals surface area contributed by atoms with Gasteiger partial charge < -0.3 is 10.2 Å². The van der Waals surface area contributed by atoms with E-state index in [-0.39, 0.29) is 0 Å². The molecule has 74 valence electrons. The lowest BCUT2D eigenvalue weighted by molar-refractivity contribution is 0.110. The Morgan fingerprint density at radius 1 is 1.77 bits per heavy atom. The highest BCUT2D eigenvalue weighted by Crippen LogP contribution is 2.09. The second-order valence-corrected chi connectivity index (χ2v) is 3.62. The number of nitrogens with one attached hydrogen (secondary N) is 1. The Bertz CT molecular complexity index is 211. The van der Waals surface area contributed by atoms with E-state index in [1.54, 1.807) is 0 Å². The predicted octanol–water partition coefficient (Wildman–Crippen LogP) is 1.56. The van der Waals surface area contributed by atoms with Gasteiger partial charge in [0.15, 0.2) is 0 Å². The SMILES string of the molecule is C=C(C)CN/N=C1/CCOCC1C. The van der Waals surface area contributed by atoms with Crippen LogP contribution in [-0.4, -0.2) is 25.5 Å². The molecule has 1 aliphatic rings. The molecule has 0 amide bonds. The normalized spacial score (nSPS) is 26.0. The van der Waals surface area contributed by atoms with Crippen molar-refractivity contribution in [2.45, 2.75) is 20.3 Å². The van der Waals surface area contributed by atoms with Crippen LogP contribution in [0.4, 0.5) is 0 Å². The van der Waals surface area contributed by atoms with Gasteiger partial charge >= 0.3 is 0 Å². The van der Waals surface area contributed by atoms with Crippen molar-refractivity contribution in [1.82, 2.24) is 5.43 Å². The quantitative estimate of drug-likeness (QED) is 0.531. The average molecular weight is 182 g/mol. The first-order valence-corrected chi connectivity index (χ1v) is 4.71. The fourth-order valence-electron chi connectivity index (χ4n) is 1.22. The summed E-state index contributed by atoms with van der Waals surface area (Å²) < 4.78 is 5.31. The fraction of sp³-hybridized carbons (Fsp3) is 0.700. The van der Waals surface area contributed by atoms with E-state index in [1.807, 2.05) is 6.92 Å². The first-order valence-electron chi connectivity index (χ1n) is 4.71. The summed E-state index contributed by atoms with van der Waals surface area (Å²) in [5, 5.41) is 4.33. The van der Waals surface area contributed by atoms with Gasteiger partial charge in [-0.15, -0.1) is 0 Å². The van der Waals surface area contributed by atoms with Crippen LogP contribution in [0.2, 0.25) is 0 Å². The van der Waals surface area contributed by atoms with Gasteiger partial charge in [-0.2, -0.15) is 5.10 Å². The van der Waals surface area contributed by atoms with E-state index in [4.69, 9.17) is 4.74 Å². The highest BCUT2D eigenvalue weighted by atomic mass is 16.5. The minimum atomic E-state index is 0.450. The number of rotatable bonds is 3. The van der Waals surface area contributed by atoms with Gasteiger partial charge in [-0.05, 0) is 6.92 Å². The second kappa shape index (κ2) is 5.02. The number of hydrogen-bond acceptors (Lipinski definition) is 3. The van der Waals surface area contributed by atoms with Crippen molar-refractivity contribution in [3.05, 3.63) is 12.2 Å². The number of hydrogen-bond donors (Lipinski definition) is 1. The van der Waals surface area contributed by atoms with Gasteiger partial charge in [0.05, 0.1) is 19.8 Å². The maximum absolute atomic E-state index is 5.31. The standard InChI is InChI=1S/C10H18N2O/c1-8(2)6-11-12-10-4-5-13-7-9(10)3/h9,11H,1,4-7H2,2-3H3/b12-10-. The van der Waals surface area contributed by atoms with E-state index in [9.17, 15) is 0 Å². The topological polar surface area (TPSA) is 33.6 Å². The minimum Gasteiger partial charge on any atom is -0.380 e. The van der Waals surface area contributed by atoms with E-state index in [0.29, 0.717) is 5.92 Å². The molecule has 1 N–H and O–H groups in total. The van der Waals surface area contributed by atoms with Crippen molar-refractivity contribution >= 4 is 5.71 Å². The maximum Gasteiger partial charge on any atom is 0.0544 e. The molecule has 0 aromatic rings. The molecule has 13 heavy (non-hydrogen) atoms. The summed E-state index contributed by atoms with van der Waals surface area (Å²) >= 11 is 0. The summed E-state index contributed by atoms with van der Waals surface area (Å²) in [5.41, 5.74) is 5.33. The van der Waals surface area contributed by atoms with Crippen LogP contribution in [0.1, 0.15) is 20.3 Å². The van der Waals surface area contributed by atoms with Gasteiger partial charge in [0.25, 0.3) is 0 Å². The molecule has 3 heteroatoms. The van der Waals surface area contributed by atoms with Gasteiger partial charge in [-0.1, -0.05) is 19.1 Å². The Kier molecular flexibility index (Phi) is 3.96. The molecule has 0 aromatic heterocycles. The van der Waals surface area contributed by atoms with Gasteiger partial charge in [0, 0.05) is 18.1 Å². The van der Waals surface area contributed by atoms with Gasteiger partial charge in [-0.3, -0.25) is 0 Å². The Morgan fingerprint density at radius 3 is 3.15 bits per heavy atom. The smallest absolute Gasteiger partial charge is 0.0544 e. The average Bonchev–Trinajstić information content (AvgIpc) is 2.08. The molecule has 0 bridgehead atoms. The highest BCUT2D eigenvalue weighted by Gasteiger charge is 2.15. The summed E-state index contributed by atoms with van der Waals surface area (Å²) in [5.74, 6) is 0.450. The van der Waals surface area contributed by atoms with E-state index < -0.39 is 0 Å². The van der Waals surface area contributed by atoms with E-state index >= 15 is 0 Å². The summed E-state index contributed by atoms with van der Waals surface area (Å²) in [7, 11) is 0. The van der Waals surface area contributed by atoms with Crippen molar-refractivity contribution < 1.29 is 4.74 Å². The highest BCUT2D eigenvalue weighted by molar-refractivity contribution is 5.87. The van der Waals surface area contributed by atoms with Gasteiger partial charge in [0.2, 0.25) is 0 Å². The third-order valence-corrected chi connectivity index (χ3v) is 2.04. The van der Waals surface area contributed by atoms with Crippen molar-refractivity contribution in [2.75, 3.05) is 19.8 Å². The lowest BCUT2D eigenvalue weighted by Crippen LogP contribution is -2.27. The summed E-state index contributed by atoms with van der Waals surface area (Å²) in [6.07, 6.45) is 0.949. The van der Waals surface area contributed by atoms with Crippen molar-refractivity contribution in [3.63, 3.8) is 0 Å². The van der Waals surface area contributed by atoms with E-state index in [1.165, 1.54) is 5.71 Å². The van der Waals surface area contributed by atoms with Crippen molar-refractivity contribution in [2.24, 2.45) is 11.0 Å². The molecule has 1 heterocycles. The minimum absolute atomic E-state index is 0.450. The van der Waals surface area contributed by atoms with Crippen molar-refractivity contribution in [3.8, 4) is 0 Å². The van der Waals surface area contributed by atoms with Crippen LogP contribution in [0, 0.1) is 5.92 Å². The molecule has 1 unspecified atom stereocenters. The molecule has 1 saturated heterocycles. The molecule has 0 radical (unpaired) electrons. The number of ether oxygens (including phenoxy) is 1. The number of nitrogens with zero attached hydrogens (tertiary/aromatic N) is 1. The molecule has 1 fully saturated rings. The second-order valence-electron chi connectivity index (χ2n) is 3.62. The number of hydrazone groups is 1. The zero-order chi connectivity index (χ0) is 9.68. The van der Waals surface area contributed by atoms with Crippen LogP contribution < -0.4 is 5.43 Å². The van der Waals surface area contributed by atoms with Crippen LogP contribution in [0.25, 0.3) is 0 Å². The van der Waals surface area contributed by atoms with Crippen molar-refractivity contribution in [1.29, 1.82) is 0 Å². The summed E-state index contributed by atoms with van der Waals surface area (Å²) in [6, 6.07) is 0. The zero-order valence-corrected chi connectivity index (χ0v) is 8.47.